The van der Waals surface area contributed by atoms with E-state index in [1.54, 1.807) is 29.6 Å². The van der Waals surface area contributed by atoms with Gasteiger partial charge in [-0.1, -0.05) is 30.3 Å². The lowest BCUT2D eigenvalue weighted by Crippen LogP contribution is -2.38. The van der Waals surface area contributed by atoms with Crippen LogP contribution in [0.1, 0.15) is 0 Å². The Hall–Kier alpha value is -2.78. The van der Waals surface area contributed by atoms with Crippen LogP contribution < -0.4 is 9.62 Å². The van der Waals surface area contributed by atoms with Gasteiger partial charge in [-0.25, -0.2) is 22.1 Å². The van der Waals surface area contributed by atoms with Crippen molar-refractivity contribution in [2.75, 3.05) is 16.2 Å². The third kappa shape index (κ3) is 3.89. The zero-order chi connectivity index (χ0) is 18.6. The van der Waals surface area contributed by atoms with Gasteiger partial charge in [0.15, 0.2) is 5.13 Å². The number of halogens is 1. The second kappa shape index (κ2) is 7.63. The normalized spacial score (nSPS) is 11.1. The van der Waals surface area contributed by atoms with Crippen molar-refractivity contribution in [3.63, 3.8) is 0 Å². The van der Waals surface area contributed by atoms with E-state index in [-0.39, 0.29) is 15.7 Å². The first-order valence-electron chi connectivity index (χ1n) is 7.50. The van der Waals surface area contributed by atoms with Crippen molar-refractivity contribution in [1.82, 2.24) is 4.98 Å². The Kier molecular flexibility index (Phi) is 5.29. The first kappa shape index (κ1) is 18.0. The molecule has 1 heterocycles. The lowest BCUT2D eigenvalue weighted by molar-refractivity contribution is -0.114. The predicted molar refractivity (Wildman–Crippen MR) is 98.1 cm³/mol. The van der Waals surface area contributed by atoms with E-state index in [0.717, 1.165) is 15.6 Å². The Morgan fingerprint density at radius 2 is 1.81 bits per heavy atom. The van der Waals surface area contributed by atoms with Gasteiger partial charge >= 0.3 is 0 Å². The fourth-order valence-corrected chi connectivity index (χ4v) is 4.46. The van der Waals surface area contributed by atoms with Crippen molar-refractivity contribution in [3.05, 3.63) is 72.0 Å². The first-order valence-corrected chi connectivity index (χ1v) is 9.82. The van der Waals surface area contributed by atoms with E-state index in [1.807, 2.05) is 0 Å². The molecule has 9 heteroatoms. The molecule has 2 aromatic carbocycles. The number of nitrogens with zero attached hydrogens (tertiary/aromatic N) is 2. The molecule has 1 amide bonds. The van der Waals surface area contributed by atoms with Gasteiger partial charge in [0, 0.05) is 11.6 Å². The zero-order valence-corrected chi connectivity index (χ0v) is 15.0. The fraction of sp³-hybridized carbons (Fsp3) is 0.0588. The van der Waals surface area contributed by atoms with Gasteiger partial charge in [-0.05, 0) is 24.3 Å². The van der Waals surface area contributed by atoms with Crippen molar-refractivity contribution in [3.8, 4) is 0 Å². The van der Waals surface area contributed by atoms with E-state index in [2.05, 4.69) is 10.3 Å². The van der Waals surface area contributed by atoms with Gasteiger partial charge < -0.3 is 5.32 Å². The highest BCUT2D eigenvalue weighted by atomic mass is 32.2. The third-order valence-corrected chi connectivity index (χ3v) is 6.06. The fourth-order valence-electron chi connectivity index (χ4n) is 2.20. The average molecular weight is 391 g/mol. The van der Waals surface area contributed by atoms with E-state index < -0.39 is 28.3 Å². The molecular weight excluding hydrogens is 377 g/mol. The summed E-state index contributed by atoms with van der Waals surface area (Å²) in [5.41, 5.74) is -0.0197. The molecule has 1 aromatic heterocycles. The van der Waals surface area contributed by atoms with Gasteiger partial charge in [0.05, 0.1) is 10.6 Å². The standard InChI is InChI=1S/C17H14FN3O3S2/c18-14-8-4-5-9-15(14)20-16(22)12-21(17-19-10-11-25-17)26(23,24)13-6-2-1-3-7-13/h1-11H,12H2,(H,20,22). The number of para-hydroxylation sites is 1. The Bertz CT molecular complexity index is 993. The van der Waals surface area contributed by atoms with Gasteiger partial charge in [0.2, 0.25) is 5.91 Å². The summed E-state index contributed by atoms with van der Waals surface area (Å²) < 4.78 is 40.5. The number of anilines is 2. The Morgan fingerprint density at radius 1 is 1.12 bits per heavy atom. The topological polar surface area (TPSA) is 79.4 Å². The van der Waals surface area contributed by atoms with E-state index in [9.17, 15) is 17.6 Å². The highest BCUT2D eigenvalue weighted by molar-refractivity contribution is 7.93. The van der Waals surface area contributed by atoms with Crippen LogP contribution in [0.15, 0.2) is 71.1 Å². The van der Waals surface area contributed by atoms with Crippen LogP contribution in [0.2, 0.25) is 0 Å². The summed E-state index contributed by atoms with van der Waals surface area (Å²) in [4.78, 5) is 16.4. The highest BCUT2D eigenvalue weighted by Gasteiger charge is 2.29. The van der Waals surface area contributed by atoms with Crippen LogP contribution in [0.4, 0.5) is 15.2 Å². The van der Waals surface area contributed by atoms with Crippen LogP contribution in [-0.2, 0) is 14.8 Å². The molecular formula is C17H14FN3O3S2. The minimum atomic E-state index is -3.99. The molecule has 26 heavy (non-hydrogen) atoms. The molecule has 0 radical (unpaired) electrons. The maximum Gasteiger partial charge on any atom is 0.266 e. The lowest BCUT2D eigenvalue weighted by atomic mass is 10.3. The molecule has 0 atom stereocenters. The number of nitrogens with one attached hydrogen (secondary N) is 1. The highest BCUT2D eigenvalue weighted by Crippen LogP contribution is 2.25. The number of hydrogen-bond acceptors (Lipinski definition) is 5. The molecule has 0 aliphatic heterocycles. The molecule has 0 bridgehead atoms. The minimum absolute atomic E-state index is 0.0197. The smallest absolute Gasteiger partial charge is 0.266 e. The Morgan fingerprint density at radius 3 is 2.46 bits per heavy atom. The lowest BCUT2D eigenvalue weighted by Gasteiger charge is -2.21. The van der Waals surface area contributed by atoms with Crippen molar-refractivity contribution >= 4 is 38.1 Å². The Labute approximate surface area is 154 Å². The molecule has 0 saturated carbocycles. The van der Waals surface area contributed by atoms with Crippen LogP contribution in [0, 0.1) is 5.82 Å². The second-order valence-corrected chi connectivity index (χ2v) is 7.90. The van der Waals surface area contributed by atoms with Crippen LogP contribution in [0.25, 0.3) is 0 Å². The number of rotatable bonds is 6. The Balaban J connectivity index is 1.89. The van der Waals surface area contributed by atoms with E-state index in [1.165, 1.54) is 36.5 Å². The van der Waals surface area contributed by atoms with E-state index >= 15 is 0 Å². The van der Waals surface area contributed by atoms with Crippen LogP contribution in [0.3, 0.4) is 0 Å². The molecule has 6 nitrogen and oxygen atoms in total. The van der Waals surface area contributed by atoms with E-state index in [4.69, 9.17) is 0 Å². The summed E-state index contributed by atoms with van der Waals surface area (Å²) in [6.45, 7) is -0.529. The maximum atomic E-state index is 13.7. The quantitative estimate of drug-likeness (QED) is 0.700. The number of carbonyl (C=O) groups excluding carboxylic acids is 1. The van der Waals surface area contributed by atoms with Gasteiger partial charge in [-0.2, -0.15) is 0 Å². The van der Waals surface area contributed by atoms with Gasteiger partial charge in [-0.3, -0.25) is 4.79 Å². The largest absolute Gasteiger partial charge is 0.322 e. The molecule has 0 fully saturated rings. The maximum absolute atomic E-state index is 13.7. The first-order chi connectivity index (χ1) is 12.5. The number of sulfonamides is 1. The van der Waals surface area contributed by atoms with Crippen molar-refractivity contribution in [2.24, 2.45) is 0 Å². The summed E-state index contributed by atoms with van der Waals surface area (Å²) in [5.74, 6) is -1.28. The number of thiazole rings is 1. The summed E-state index contributed by atoms with van der Waals surface area (Å²) in [6, 6.07) is 13.4. The molecule has 134 valence electrons. The molecule has 0 saturated heterocycles. The van der Waals surface area contributed by atoms with Crippen molar-refractivity contribution in [1.29, 1.82) is 0 Å². The van der Waals surface area contributed by atoms with Crippen LogP contribution in [-0.4, -0.2) is 25.9 Å². The summed E-state index contributed by atoms with van der Waals surface area (Å²) in [6.07, 6.45) is 1.45. The van der Waals surface area contributed by atoms with Crippen molar-refractivity contribution in [2.45, 2.75) is 4.90 Å². The number of aromatic nitrogens is 1. The molecule has 3 aromatic rings. The molecule has 0 aliphatic rings. The number of amides is 1. The van der Waals surface area contributed by atoms with Crippen LogP contribution in [0.5, 0.6) is 0 Å². The van der Waals surface area contributed by atoms with Gasteiger partial charge in [0.1, 0.15) is 12.4 Å². The summed E-state index contributed by atoms with van der Waals surface area (Å²) in [5, 5.41) is 4.14. The third-order valence-electron chi connectivity index (χ3n) is 3.40. The zero-order valence-electron chi connectivity index (χ0n) is 13.4. The number of benzene rings is 2. The molecule has 3 rings (SSSR count). The van der Waals surface area contributed by atoms with Gasteiger partial charge in [0.25, 0.3) is 10.0 Å². The number of carbonyl (C=O) groups is 1. The minimum Gasteiger partial charge on any atom is -0.322 e. The molecule has 0 spiro atoms. The summed E-state index contributed by atoms with van der Waals surface area (Å²) in [7, 11) is -3.99. The summed E-state index contributed by atoms with van der Waals surface area (Å²) >= 11 is 1.09. The van der Waals surface area contributed by atoms with Crippen LogP contribution >= 0.6 is 11.3 Å². The van der Waals surface area contributed by atoms with E-state index in [0.29, 0.717) is 0 Å². The molecule has 1 N–H and O–H groups in total. The second-order valence-electron chi connectivity index (χ2n) is 5.17. The average Bonchev–Trinajstić information content (AvgIpc) is 3.16. The van der Waals surface area contributed by atoms with Crippen molar-refractivity contribution < 1.29 is 17.6 Å². The molecule has 0 aliphatic carbocycles. The van der Waals surface area contributed by atoms with Gasteiger partial charge in [-0.15, -0.1) is 11.3 Å². The molecule has 0 unspecified atom stereocenters. The number of hydrogen-bond donors (Lipinski definition) is 1. The monoisotopic (exact) mass is 391 g/mol. The predicted octanol–water partition coefficient (Wildman–Crippen LogP) is 3.12. The SMILES string of the molecule is O=C(CN(c1nccs1)S(=O)(=O)c1ccccc1)Nc1ccccc1F.